The van der Waals surface area contributed by atoms with Crippen LogP contribution >= 0.6 is 11.9 Å². The summed E-state index contributed by atoms with van der Waals surface area (Å²) in [6.07, 6.45) is 2.47. The molecule has 0 spiro atoms. The van der Waals surface area contributed by atoms with Gasteiger partial charge in [0.05, 0.1) is 23.9 Å². The van der Waals surface area contributed by atoms with Crippen LogP contribution in [0.1, 0.15) is 11.1 Å². The molecular formula is C17H20N6O2S. The van der Waals surface area contributed by atoms with Crippen LogP contribution in [-0.4, -0.2) is 40.5 Å². The number of benzene rings is 1. The normalized spacial score (nSPS) is 15.7. The van der Waals surface area contributed by atoms with Crippen molar-refractivity contribution in [3.05, 3.63) is 47.7 Å². The number of nitrogens with two attached hydrogens (primary N) is 1. The van der Waals surface area contributed by atoms with E-state index in [0.717, 1.165) is 30.6 Å². The van der Waals surface area contributed by atoms with Gasteiger partial charge in [0.15, 0.2) is 0 Å². The maximum absolute atomic E-state index is 9.05. The van der Waals surface area contributed by atoms with E-state index < -0.39 is 0 Å². The zero-order chi connectivity index (χ0) is 18.4. The third-order valence-corrected chi connectivity index (χ3v) is 4.49. The Labute approximate surface area is 156 Å². The summed E-state index contributed by atoms with van der Waals surface area (Å²) in [6, 6.07) is 11.6. The number of aromatic nitrogens is 1. The molecule has 5 N–H and O–H groups in total. The summed E-state index contributed by atoms with van der Waals surface area (Å²) in [5.74, 6) is 5.74. The Morgan fingerprint density at radius 2 is 2.27 bits per heavy atom. The van der Waals surface area contributed by atoms with Crippen LogP contribution in [0.3, 0.4) is 0 Å². The summed E-state index contributed by atoms with van der Waals surface area (Å²) in [5.41, 5.74) is 2.65. The number of nitriles is 1. The lowest BCUT2D eigenvalue weighted by atomic mass is 10.1. The van der Waals surface area contributed by atoms with Gasteiger partial charge in [0.25, 0.3) is 0 Å². The third kappa shape index (κ3) is 5.08. The lowest BCUT2D eigenvalue weighted by Crippen LogP contribution is -2.40. The Morgan fingerprint density at radius 1 is 1.46 bits per heavy atom. The SMILES string of the molecule is N#Cc1ccc(CCNCC2CNc3cc(SN(N)O)cnc3O2)cc1. The molecule has 9 heteroatoms. The van der Waals surface area contributed by atoms with Gasteiger partial charge in [-0.05, 0) is 36.7 Å². The average Bonchev–Trinajstić information content (AvgIpc) is 2.65. The Bertz CT molecular complexity index is 778. The van der Waals surface area contributed by atoms with Crippen LogP contribution < -0.4 is 21.2 Å². The summed E-state index contributed by atoms with van der Waals surface area (Å²) in [5, 5.41) is 24.5. The number of hydrazine groups is 1. The Hall–Kier alpha value is -2.35. The molecule has 1 aliphatic heterocycles. The van der Waals surface area contributed by atoms with Gasteiger partial charge in [-0.2, -0.15) is 5.26 Å². The molecule has 1 aromatic carbocycles. The maximum atomic E-state index is 9.05. The molecule has 2 heterocycles. The summed E-state index contributed by atoms with van der Waals surface area (Å²) >= 11 is 0.968. The molecule has 3 rings (SSSR count). The number of hydrogen-bond donors (Lipinski definition) is 4. The highest BCUT2D eigenvalue weighted by atomic mass is 32.2. The number of hydrogen-bond acceptors (Lipinski definition) is 9. The molecule has 1 aromatic heterocycles. The molecule has 1 aliphatic rings. The highest BCUT2D eigenvalue weighted by molar-refractivity contribution is 7.96. The molecule has 0 radical (unpaired) electrons. The standard InChI is InChI=1S/C17H20N6O2S/c18-8-13-3-1-12(2-4-13)5-6-20-9-14-10-21-16-7-15(26-23(19)24)11-22-17(16)25-14/h1-4,7,11,14,20-21,24H,5-6,9-10,19H2. The van der Waals surface area contributed by atoms with Crippen molar-refractivity contribution in [2.75, 3.05) is 25.0 Å². The molecule has 8 nitrogen and oxygen atoms in total. The van der Waals surface area contributed by atoms with Gasteiger partial charge in [0.1, 0.15) is 6.10 Å². The van der Waals surface area contributed by atoms with E-state index in [0.29, 0.717) is 34.0 Å². The Balaban J connectivity index is 1.43. The number of fused-ring (bicyclic) bond motifs is 1. The maximum Gasteiger partial charge on any atom is 0.237 e. The van der Waals surface area contributed by atoms with E-state index in [9.17, 15) is 0 Å². The predicted octanol–water partition coefficient (Wildman–Crippen LogP) is 1.53. The van der Waals surface area contributed by atoms with Crippen LogP contribution in [0.4, 0.5) is 5.69 Å². The van der Waals surface area contributed by atoms with Crippen molar-refractivity contribution in [3.8, 4) is 11.9 Å². The van der Waals surface area contributed by atoms with Crippen molar-refractivity contribution < 1.29 is 9.94 Å². The molecule has 0 bridgehead atoms. The summed E-state index contributed by atoms with van der Waals surface area (Å²) in [4.78, 5) is 4.97. The zero-order valence-corrected chi connectivity index (χ0v) is 14.9. The van der Waals surface area contributed by atoms with Crippen molar-refractivity contribution >= 4 is 17.6 Å². The Kier molecular flexibility index (Phi) is 6.27. The van der Waals surface area contributed by atoms with Gasteiger partial charge in [-0.3, -0.25) is 5.21 Å². The van der Waals surface area contributed by atoms with E-state index in [1.54, 1.807) is 6.20 Å². The van der Waals surface area contributed by atoms with Gasteiger partial charge in [-0.25, -0.2) is 10.8 Å². The highest BCUT2D eigenvalue weighted by Gasteiger charge is 2.20. The lowest BCUT2D eigenvalue weighted by molar-refractivity contribution is 0.0164. The first kappa shape index (κ1) is 18.4. The molecule has 26 heavy (non-hydrogen) atoms. The second kappa shape index (κ2) is 8.84. The fraction of sp³-hybridized carbons (Fsp3) is 0.294. The number of nitrogens with one attached hydrogen (secondary N) is 2. The fourth-order valence-corrected chi connectivity index (χ4v) is 3.08. The molecular weight excluding hydrogens is 352 g/mol. The topological polar surface area (TPSA) is 119 Å². The van der Waals surface area contributed by atoms with Crippen molar-refractivity contribution in [2.45, 2.75) is 17.4 Å². The molecule has 0 saturated heterocycles. The second-order valence-electron chi connectivity index (χ2n) is 5.80. The first-order valence-electron chi connectivity index (χ1n) is 8.16. The predicted molar refractivity (Wildman–Crippen MR) is 98.5 cm³/mol. The van der Waals surface area contributed by atoms with Crippen LogP contribution in [0.2, 0.25) is 0 Å². The van der Waals surface area contributed by atoms with E-state index in [4.69, 9.17) is 21.0 Å². The molecule has 2 aromatic rings. The number of pyridine rings is 1. The molecule has 136 valence electrons. The molecule has 1 unspecified atom stereocenters. The van der Waals surface area contributed by atoms with Gasteiger partial charge in [-0.1, -0.05) is 16.7 Å². The van der Waals surface area contributed by atoms with Gasteiger partial charge >= 0.3 is 0 Å². The average molecular weight is 372 g/mol. The number of rotatable bonds is 7. The van der Waals surface area contributed by atoms with E-state index in [2.05, 4.69) is 21.7 Å². The number of anilines is 1. The minimum atomic E-state index is -0.0154. The third-order valence-electron chi connectivity index (χ3n) is 3.87. The van der Waals surface area contributed by atoms with E-state index in [1.807, 2.05) is 30.3 Å². The number of ether oxygens (including phenoxy) is 1. The van der Waals surface area contributed by atoms with Crippen molar-refractivity contribution in [1.29, 1.82) is 5.26 Å². The van der Waals surface area contributed by atoms with E-state index >= 15 is 0 Å². The molecule has 0 fully saturated rings. The largest absolute Gasteiger partial charge is 0.470 e. The quantitative estimate of drug-likeness (QED) is 0.248. The van der Waals surface area contributed by atoms with Gasteiger partial charge in [0, 0.05) is 29.6 Å². The molecule has 0 aliphatic carbocycles. The van der Waals surface area contributed by atoms with Gasteiger partial charge in [0.2, 0.25) is 5.88 Å². The highest BCUT2D eigenvalue weighted by Crippen LogP contribution is 2.30. The van der Waals surface area contributed by atoms with E-state index in [1.165, 1.54) is 5.56 Å². The molecule has 0 saturated carbocycles. The second-order valence-corrected chi connectivity index (χ2v) is 6.83. The summed E-state index contributed by atoms with van der Waals surface area (Å²) in [6.45, 7) is 2.19. The molecule has 0 amide bonds. The smallest absolute Gasteiger partial charge is 0.237 e. The van der Waals surface area contributed by atoms with Crippen LogP contribution in [0.5, 0.6) is 5.88 Å². The summed E-state index contributed by atoms with van der Waals surface area (Å²) in [7, 11) is 0. The molecule has 1 atom stereocenters. The monoisotopic (exact) mass is 372 g/mol. The van der Waals surface area contributed by atoms with Crippen LogP contribution in [0.25, 0.3) is 0 Å². The fourth-order valence-electron chi connectivity index (χ4n) is 2.59. The first-order chi connectivity index (χ1) is 12.6. The van der Waals surface area contributed by atoms with E-state index in [-0.39, 0.29) is 6.10 Å². The van der Waals surface area contributed by atoms with Crippen LogP contribution in [0.15, 0.2) is 41.4 Å². The van der Waals surface area contributed by atoms with Crippen LogP contribution in [-0.2, 0) is 6.42 Å². The first-order valence-corrected chi connectivity index (χ1v) is 8.93. The van der Waals surface area contributed by atoms with Crippen molar-refractivity contribution in [3.63, 3.8) is 0 Å². The minimum absolute atomic E-state index is 0.0154. The van der Waals surface area contributed by atoms with Gasteiger partial charge in [-0.15, -0.1) is 0 Å². The Morgan fingerprint density at radius 3 is 3.00 bits per heavy atom. The van der Waals surface area contributed by atoms with Crippen LogP contribution in [0, 0.1) is 11.3 Å². The van der Waals surface area contributed by atoms with Crippen molar-refractivity contribution in [2.24, 2.45) is 5.84 Å². The zero-order valence-electron chi connectivity index (χ0n) is 14.1. The lowest BCUT2D eigenvalue weighted by Gasteiger charge is -2.27. The summed E-state index contributed by atoms with van der Waals surface area (Å²) < 4.78 is 6.42. The van der Waals surface area contributed by atoms with Gasteiger partial charge < -0.3 is 15.4 Å². The minimum Gasteiger partial charge on any atom is -0.470 e. The van der Waals surface area contributed by atoms with Crippen molar-refractivity contribution in [1.82, 2.24) is 14.9 Å². The number of nitrogens with zero attached hydrogens (tertiary/aromatic N) is 3.